The van der Waals surface area contributed by atoms with Crippen LogP contribution in [0, 0.1) is 0 Å². The first-order chi connectivity index (χ1) is 19.0. The van der Waals surface area contributed by atoms with E-state index in [0.29, 0.717) is 52.3 Å². The molecule has 0 spiro atoms. The molecule has 0 bridgehead atoms. The molecule has 0 atom stereocenters. The van der Waals surface area contributed by atoms with Gasteiger partial charge in [0.25, 0.3) is 5.91 Å². The zero-order chi connectivity index (χ0) is 27.4. The summed E-state index contributed by atoms with van der Waals surface area (Å²) in [6.45, 7) is 0.417. The van der Waals surface area contributed by atoms with Crippen molar-refractivity contribution in [2.75, 3.05) is 27.9 Å². The second-order valence-electron chi connectivity index (χ2n) is 8.73. The number of nitrogens with one attached hydrogen (secondary N) is 1. The van der Waals surface area contributed by atoms with Crippen molar-refractivity contribution in [3.63, 3.8) is 0 Å². The predicted octanol–water partition coefficient (Wildman–Crippen LogP) is 5.72. The second kappa shape index (κ2) is 11.4. The van der Waals surface area contributed by atoms with Crippen LogP contribution in [-0.4, -0.2) is 48.4 Å². The highest BCUT2D eigenvalue weighted by atomic mass is 35.5. The van der Waals surface area contributed by atoms with Crippen LogP contribution in [0.2, 0.25) is 5.02 Å². The molecule has 3 aromatic carbocycles. The van der Waals surface area contributed by atoms with Crippen LogP contribution in [0.3, 0.4) is 0 Å². The van der Waals surface area contributed by atoms with Crippen molar-refractivity contribution in [1.82, 2.24) is 19.9 Å². The van der Waals surface area contributed by atoms with Crippen LogP contribution in [0.15, 0.2) is 78.9 Å². The van der Waals surface area contributed by atoms with E-state index in [1.165, 1.54) is 0 Å². The number of methoxy groups -OCH3 is 3. The zero-order valence-electron chi connectivity index (χ0n) is 21.8. The number of fused-ring (bicyclic) bond motifs is 1. The fourth-order valence-electron chi connectivity index (χ4n) is 4.35. The Morgan fingerprint density at radius 3 is 2.36 bits per heavy atom. The normalized spacial score (nSPS) is 10.9. The van der Waals surface area contributed by atoms with Crippen molar-refractivity contribution in [1.29, 1.82) is 0 Å². The summed E-state index contributed by atoms with van der Waals surface area (Å²) in [6.07, 6.45) is 0.612. The summed E-state index contributed by atoms with van der Waals surface area (Å²) in [6, 6.07) is 24.3. The van der Waals surface area contributed by atoms with E-state index in [2.05, 4.69) is 10.3 Å². The molecule has 0 radical (unpaired) electrons. The highest BCUT2D eigenvalue weighted by Crippen LogP contribution is 2.32. The summed E-state index contributed by atoms with van der Waals surface area (Å²) in [5, 5.41) is 8.42. The van der Waals surface area contributed by atoms with Gasteiger partial charge in [0.15, 0.2) is 17.1 Å². The van der Waals surface area contributed by atoms with Crippen molar-refractivity contribution >= 4 is 23.2 Å². The largest absolute Gasteiger partial charge is 0.496 e. The van der Waals surface area contributed by atoms with Gasteiger partial charge >= 0.3 is 0 Å². The molecule has 0 fully saturated rings. The molecule has 0 saturated heterocycles. The number of rotatable bonds is 9. The molecule has 2 aromatic heterocycles. The average Bonchev–Trinajstić information content (AvgIpc) is 3.41. The summed E-state index contributed by atoms with van der Waals surface area (Å²) in [5.41, 5.74) is 4.89. The lowest BCUT2D eigenvalue weighted by molar-refractivity contribution is 0.0949. The number of hydrogen-bond acceptors (Lipinski definition) is 6. The lowest BCUT2D eigenvalue weighted by atomic mass is 10.1. The standard InChI is InChI=1S/C30H27ClN4O4/c1-37-26-7-5-4-6-22(26)25-17-24(30(36)32-15-14-19-8-13-27(38-2)28(16-19)39-3)33-29-18-23(34-35(25)29)20-9-11-21(31)12-10-20/h4-13,16-18H,14-15H2,1-3H3,(H,32,36). The quantitative estimate of drug-likeness (QED) is 0.256. The third-order valence-electron chi connectivity index (χ3n) is 6.33. The molecule has 1 N–H and O–H groups in total. The smallest absolute Gasteiger partial charge is 0.270 e. The molecular formula is C30H27ClN4O4. The minimum atomic E-state index is -0.289. The van der Waals surface area contributed by atoms with E-state index in [1.54, 1.807) is 31.9 Å². The molecule has 5 aromatic rings. The van der Waals surface area contributed by atoms with Crippen LogP contribution in [0.25, 0.3) is 28.2 Å². The second-order valence-corrected chi connectivity index (χ2v) is 9.17. The van der Waals surface area contributed by atoms with Gasteiger partial charge in [0.05, 0.1) is 32.7 Å². The number of para-hydroxylation sites is 1. The van der Waals surface area contributed by atoms with E-state index >= 15 is 0 Å². The number of carbonyl (C=O) groups is 1. The molecular weight excluding hydrogens is 516 g/mol. The van der Waals surface area contributed by atoms with Gasteiger partial charge in [-0.2, -0.15) is 5.10 Å². The highest BCUT2D eigenvalue weighted by molar-refractivity contribution is 6.30. The van der Waals surface area contributed by atoms with Crippen LogP contribution < -0.4 is 19.5 Å². The Bertz CT molecular complexity index is 1630. The van der Waals surface area contributed by atoms with Crippen LogP contribution in [0.4, 0.5) is 0 Å². The van der Waals surface area contributed by atoms with Crippen LogP contribution in [0.5, 0.6) is 17.2 Å². The zero-order valence-corrected chi connectivity index (χ0v) is 22.5. The Morgan fingerprint density at radius 1 is 0.872 bits per heavy atom. The van der Waals surface area contributed by atoms with E-state index in [9.17, 15) is 4.79 Å². The van der Waals surface area contributed by atoms with Crippen molar-refractivity contribution in [3.8, 4) is 39.8 Å². The maximum absolute atomic E-state index is 13.3. The molecule has 0 aliphatic carbocycles. The number of carbonyl (C=O) groups excluding carboxylic acids is 1. The summed E-state index contributed by atoms with van der Waals surface area (Å²) < 4.78 is 18.0. The molecule has 0 aliphatic heterocycles. The van der Waals surface area contributed by atoms with Gasteiger partial charge in [-0.1, -0.05) is 41.9 Å². The third-order valence-corrected chi connectivity index (χ3v) is 6.58. The Hall–Kier alpha value is -4.56. The summed E-state index contributed by atoms with van der Waals surface area (Å²) in [5.74, 6) is 1.68. The molecule has 0 saturated carbocycles. The van der Waals surface area contributed by atoms with Crippen molar-refractivity contribution in [2.45, 2.75) is 6.42 Å². The number of aromatic nitrogens is 3. The van der Waals surface area contributed by atoms with Crippen molar-refractivity contribution < 1.29 is 19.0 Å². The molecule has 8 nitrogen and oxygen atoms in total. The number of benzene rings is 3. The summed E-state index contributed by atoms with van der Waals surface area (Å²) in [4.78, 5) is 17.9. The van der Waals surface area contributed by atoms with E-state index in [-0.39, 0.29) is 11.6 Å². The monoisotopic (exact) mass is 542 g/mol. The van der Waals surface area contributed by atoms with Crippen LogP contribution in [-0.2, 0) is 6.42 Å². The number of halogens is 1. The van der Waals surface area contributed by atoms with Crippen molar-refractivity contribution in [2.24, 2.45) is 0 Å². The summed E-state index contributed by atoms with van der Waals surface area (Å²) >= 11 is 6.07. The SMILES string of the molecule is COc1ccc(CCNC(=O)c2cc(-c3ccccc3OC)n3nc(-c4ccc(Cl)cc4)cc3n2)cc1OC. The van der Waals surface area contributed by atoms with Crippen LogP contribution in [0.1, 0.15) is 16.1 Å². The third kappa shape index (κ3) is 5.51. The number of nitrogens with zero attached hydrogens (tertiary/aromatic N) is 3. The number of ether oxygens (including phenoxy) is 3. The molecule has 39 heavy (non-hydrogen) atoms. The van der Waals surface area contributed by atoms with Gasteiger partial charge in [-0.3, -0.25) is 4.79 Å². The maximum Gasteiger partial charge on any atom is 0.270 e. The maximum atomic E-state index is 13.3. The Labute approximate surface area is 231 Å². The van der Waals surface area contributed by atoms with E-state index < -0.39 is 0 Å². The van der Waals surface area contributed by atoms with E-state index in [0.717, 1.165) is 16.7 Å². The van der Waals surface area contributed by atoms with Crippen LogP contribution >= 0.6 is 11.6 Å². The fraction of sp³-hybridized carbons (Fsp3) is 0.167. The molecule has 5 rings (SSSR count). The fourth-order valence-corrected chi connectivity index (χ4v) is 4.47. The molecule has 2 heterocycles. The van der Waals surface area contributed by atoms with Crippen molar-refractivity contribution in [3.05, 3.63) is 95.1 Å². The van der Waals surface area contributed by atoms with Gasteiger partial charge in [0.2, 0.25) is 0 Å². The molecule has 1 amide bonds. The minimum absolute atomic E-state index is 0.276. The number of amides is 1. The average molecular weight is 543 g/mol. The highest BCUT2D eigenvalue weighted by Gasteiger charge is 2.18. The molecule has 0 unspecified atom stereocenters. The van der Waals surface area contributed by atoms with E-state index in [4.69, 9.17) is 30.9 Å². The Balaban J connectivity index is 1.47. The minimum Gasteiger partial charge on any atom is -0.496 e. The van der Waals surface area contributed by atoms with Gasteiger partial charge < -0.3 is 19.5 Å². The topological polar surface area (TPSA) is 87.0 Å². The van der Waals surface area contributed by atoms with Gasteiger partial charge in [-0.25, -0.2) is 9.50 Å². The van der Waals surface area contributed by atoms with Gasteiger partial charge in [-0.15, -0.1) is 0 Å². The first kappa shape index (κ1) is 26.1. The number of hydrogen-bond donors (Lipinski definition) is 1. The first-order valence-electron chi connectivity index (χ1n) is 12.3. The summed E-state index contributed by atoms with van der Waals surface area (Å²) in [7, 11) is 4.81. The Morgan fingerprint density at radius 2 is 1.62 bits per heavy atom. The predicted molar refractivity (Wildman–Crippen MR) is 151 cm³/mol. The first-order valence-corrected chi connectivity index (χ1v) is 12.7. The molecule has 198 valence electrons. The lowest BCUT2D eigenvalue weighted by Crippen LogP contribution is -2.27. The molecule has 9 heteroatoms. The van der Waals surface area contributed by atoms with Gasteiger partial charge in [0, 0.05) is 28.8 Å². The Kier molecular flexibility index (Phi) is 7.65. The van der Waals surface area contributed by atoms with Gasteiger partial charge in [0.1, 0.15) is 11.4 Å². The lowest BCUT2D eigenvalue weighted by Gasteiger charge is -2.12. The van der Waals surface area contributed by atoms with E-state index in [1.807, 2.05) is 72.8 Å². The van der Waals surface area contributed by atoms with Gasteiger partial charge in [-0.05, 0) is 54.4 Å². The molecule has 0 aliphatic rings.